The molecule has 0 saturated heterocycles. The van der Waals surface area contributed by atoms with Gasteiger partial charge < -0.3 is 4.74 Å². The highest BCUT2D eigenvalue weighted by molar-refractivity contribution is 7.18. The molecule has 3 heterocycles. The van der Waals surface area contributed by atoms with Crippen molar-refractivity contribution in [1.29, 1.82) is 0 Å². The number of carbonyl (C=O) groups is 1. The molecule has 31 heavy (non-hydrogen) atoms. The Morgan fingerprint density at radius 2 is 1.90 bits per heavy atom. The molecule has 4 rings (SSSR count). The molecule has 0 radical (unpaired) electrons. The Balaban J connectivity index is 1.47. The minimum Gasteiger partial charge on any atom is -0.495 e. The zero-order valence-electron chi connectivity index (χ0n) is 17.1. The molecule has 1 N–H and O–H groups in total. The standard InChI is InChI=1S/C23H21N5O2S/c1-15(16-6-4-3-5-7-16)12-19-20(30-2)13-18(14-25-19)21(29)26-23-28-27-22(31-23)17-8-10-24-11-9-17/h3-11,13-15H,12H2,1-2H3,(H,26,28,29)/t15-/m1/s1. The van der Waals surface area contributed by atoms with Crippen molar-refractivity contribution < 1.29 is 9.53 Å². The average molecular weight is 432 g/mol. The normalized spacial score (nSPS) is 11.7. The molecule has 0 unspecified atom stereocenters. The van der Waals surface area contributed by atoms with E-state index >= 15 is 0 Å². The van der Waals surface area contributed by atoms with Gasteiger partial charge in [0.25, 0.3) is 5.91 Å². The first-order valence-electron chi connectivity index (χ1n) is 9.77. The van der Waals surface area contributed by atoms with Gasteiger partial charge in [-0.3, -0.25) is 20.1 Å². The molecule has 156 valence electrons. The maximum atomic E-state index is 12.7. The minimum atomic E-state index is -0.314. The highest BCUT2D eigenvalue weighted by atomic mass is 32.1. The van der Waals surface area contributed by atoms with Gasteiger partial charge in [-0.1, -0.05) is 48.6 Å². The Morgan fingerprint density at radius 3 is 2.65 bits per heavy atom. The summed E-state index contributed by atoms with van der Waals surface area (Å²) in [4.78, 5) is 21.2. The lowest BCUT2D eigenvalue weighted by Gasteiger charge is -2.14. The van der Waals surface area contributed by atoms with E-state index in [9.17, 15) is 4.79 Å². The van der Waals surface area contributed by atoms with Crippen molar-refractivity contribution >= 4 is 22.4 Å². The lowest BCUT2D eigenvalue weighted by molar-refractivity contribution is 0.102. The number of carbonyl (C=O) groups excluding carboxylic acids is 1. The van der Waals surface area contributed by atoms with Gasteiger partial charge in [0.1, 0.15) is 10.8 Å². The van der Waals surface area contributed by atoms with Crippen LogP contribution in [-0.4, -0.2) is 33.2 Å². The van der Waals surface area contributed by atoms with E-state index in [4.69, 9.17) is 4.74 Å². The van der Waals surface area contributed by atoms with Crippen molar-refractivity contribution in [3.63, 3.8) is 0 Å². The quantitative estimate of drug-likeness (QED) is 0.460. The third kappa shape index (κ3) is 4.92. The molecule has 4 aromatic rings. The van der Waals surface area contributed by atoms with Gasteiger partial charge in [-0.15, -0.1) is 10.2 Å². The summed E-state index contributed by atoms with van der Waals surface area (Å²) in [6.45, 7) is 2.15. The van der Waals surface area contributed by atoms with Crippen LogP contribution >= 0.6 is 11.3 Å². The van der Waals surface area contributed by atoms with Gasteiger partial charge in [-0.25, -0.2) is 0 Å². The Morgan fingerprint density at radius 1 is 1.13 bits per heavy atom. The van der Waals surface area contributed by atoms with Crippen molar-refractivity contribution in [2.24, 2.45) is 0 Å². The topological polar surface area (TPSA) is 89.9 Å². The zero-order valence-corrected chi connectivity index (χ0v) is 18.0. The number of benzene rings is 1. The van der Waals surface area contributed by atoms with Crippen LogP contribution in [0.3, 0.4) is 0 Å². The Bertz CT molecular complexity index is 1170. The summed E-state index contributed by atoms with van der Waals surface area (Å²) < 4.78 is 5.51. The summed E-state index contributed by atoms with van der Waals surface area (Å²) >= 11 is 1.29. The van der Waals surface area contributed by atoms with E-state index in [0.29, 0.717) is 27.9 Å². The van der Waals surface area contributed by atoms with Crippen molar-refractivity contribution in [1.82, 2.24) is 20.2 Å². The molecule has 0 fully saturated rings. The molecule has 0 spiro atoms. The maximum absolute atomic E-state index is 12.7. The molecule has 0 aliphatic carbocycles. The second-order valence-corrected chi connectivity index (χ2v) is 7.97. The fourth-order valence-corrected chi connectivity index (χ4v) is 3.91. The number of hydrogen-bond donors (Lipinski definition) is 1. The Labute approximate surface area is 184 Å². The number of pyridine rings is 2. The van der Waals surface area contributed by atoms with Crippen LogP contribution in [0.15, 0.2) is 67.1 Å². The van der Waals surface area contributed by atoms with E-state index in [1.165, 1.54) is 16.9 Å². The van der Waals surface area contributed by atoms with Crippen molar-refractivity contribution in [2.45, 2.75) is 19.3 Å². The minimum absolute atomic E-state index is 0.273. The number of ether oxygens (including phenoxy) is 1. The first kappa shape index (κ1) is 20.6. The molecule has 0 aliphatic heterocycles. The highest BCUT2D eigenvalue weighted by Gasteiger charge is 2.16. The molecule has 1 aromatic carbocycles. The molecule has 0 saturated carbocycles. The van der Waals surface area contributed by atoms with Gasteiger partial charge in [0, 0.05) is 24.2 Å². The third-order valence-corrected chi connectivity index (χ3v) is 5.74. The predicted octanol–water partition coefficient (Wildman–Crippen LogP) is 4.60. The van der Waals surface area contributed by atoms with Crippen LogP contribution in [-0.2, 0) is 6.42 Å². The summed E-state index contributed by atoms with van der Waals surface area (Å²) in [6, 6.07) is 15.6. The molecule has 1 amide bonds. The number of rotatable bonds is 7. The number of amides is 1. The first-order valence-corrected chi connectivity index (χ1v) is 10.6. The van der Waals surface area contributed by atoms with E-state index in [0.717, 1.165) is 11.3 Å². The molecule has 0 aliphatic rings. The average Bonchev–Trinajstić information content (AvgIpc) is 3.29. The SMILES string of the molecule is COc1cc(C(=O)Nc2nnc(-c3ccncc3)s2)cnc1C[C@@H](C)c1ccccc1. The number of nitrogens with one attached hydrogen (secondary N) is 1. The third-order valence-electron chi connectivity index (χ3n) is 4.85. The van der Waals surface area contributed by atoms with Gasteiger partial charge in [-0.2, -0.15) is 0 Å². The summed E-state index contributed by atoms with van der Waals surface area (Å²) in [5.74, 6) is 0.548. The monoisotopic (exact) mass is 431 g/mol. The number of aromatic nitrogens is 4. The van der Waals surface area contributed by atoms with Crippen LogP contribution in [0.4, 0.5) is 5.13 Å². The van der Waals surface area contributed by atoms with Crippen LogP contribution in [0.2, 0.25) is 0 Å². The van der Waals surface area contributed by atoms with E-state index in [-0.39, 0.29) is 11.8 Å². The van der Waals surface area contributed by atoms with Crippen LogP contribution in [0, 0.1) is 0 Å². The number of methoxy groups -OCH3 is 1. The largest absolute Gasteiger partial charge is 0.495 e. The lowest BCUT2D eigenvalue weighted by Crippen LogP contribution is -2.13. The molecule has 8 heteroatoms. The molecular weight excluding hydrogens is 410 g/mol. The van der Waals surface area contributed by atoms with Crippen LogP contribution < -0.4 is 10.1 Å². The van der Waals surface area contributed by atoms with Crippen LogP contribution in [0.1, 0.15) is 34.5 Å². The van der Waals surface area contributed by atoms with Crippen molar-refractivity contribution in [3.8, 4) is 16.3 Å². The van der Waals surface area contributed by atoms with Gasteiger partial charge in [0.05, 0.1) is 18.4 Å². The van der Waals surface area contributed by atoms with E-state index in [2.05, 4.69) is 44.5 Å². The van der Waals surface area contributed by atoms with E-state index in [1.807, 2.05) is 30.3 Å². The van der Waals surface area contributed by atoms with E-state index < -0.39 is 0 Å². The molecule has 3 aromatic heterocycles. The Hall–Kier alpha value is -3.65. The summed E-state index contributed by atoms with van der Waals surface area (Å²) in [5, 5.41) is 12.1. The fraction of sp³-hybridized carbons (Fsp3) is 0.174. The van der Waals surface area contributed by atoms with Crippen LogP contribution in [0.5, 0.6) is 5.75 Å². The number of hydrogen-bond acceptors (Lipinski definition) is 7. The van der Waals surface area contributed by atoms with Gasteiger partial charge in [-0.05, 0) is 36.1 Å². The van der Waals surface area contributed by atoms with Crippen molar-refractivity contribution in [2.75, 3.05) is 12.4 Å². The maximum Gasteiger partial charge on any atom is 0.259 e. The molecule has 7 nitrogen and oxygen atoms in total. The summed E-state index contributed by atoms with van der Waals surface area (Å²) in [7, 11) is 1.58. The summed E-state index contributed by atoms with van der Waals surface area (Å²) in [5.41, 5.74) is 3.34. The predicted molar refractivity (Wildman–Crippen MR) is 120 cm³/mol. The van der Waals surface area contributed by atoms with Gasteiger partial charge in [0.15, 0.2) is 0 Å². The van der Waals surface area contributed by atoms with E-state index in [1.54, 1.807) is 31.8 Å². The second-order valence-electron chi connectivity index (χ2n) is 6.99. The summed E-state index contributed by atoms with van der Waals surface area (Å²) in [6.07, 6.45) is 5.65. The first-order chi connectivity index (χ1) is 15.1. The van der Waals surface area contributed by atoms with Crippen molar-refractivity contribution in [3.05, 3.63) is 83.9 Å². The molecule has 0 bridgehead atoms. The Kier molecular flexibility index (Phi) is 6.28. The fourth-order valence-electron chi connectivity index (χ4n) is 3.17. The molecular formula is C23H21N5O2S. The number of nitrogens with zero attached hydrogens (tertiary/aromatic N) is 4. The van der Waals surface area contributed by atoms with Gasteiger partial charge >= 0.3 is 0 Å². The molecule has 1 atom stereocenters. The smallest absolute Gasteiger partial charge is 0.259 e. The van der Waals surface area contributed by atoms with Gasteiger partial charge in [0.2, 0.25) is 5.13 Å². The zero-order chi connectivity index (χ0) is 21.6. The van der Waals surface area contributed by atoms with Crippen LogP contribution in [0.25, 0.3) is 10.6 Å². The highest BCUT2D eigenvalue weighted by Crippen LogP contribution is 2.28. The second kappa shape index (κ2) is 9.44. The lowest BCUT2D eigenvalue weighted by atomic mass is 9.95. The number of anilines is 1.